The average molecular weight is 299 g/mol. The van der Waals surface area contributed by atoms with Crippen molar-refractivity contribution in [3.8, 4) is 0 Å². The lowest BCUT2D eigenvalue weighted by Crippen LogP contribution is -2.61. The van der Waals surface area contributed by atoms with E-state index in [1.165, 1.54) is 12.1 Å². The number of aromatic nitrogens is 1. The maximum absolute atomic E-state index is 13.8. The third-order valence-corrected chi connectivity index (χ3v) is 5.01. The van der Waals surface area contributed by atoms with Crippen molar-refractivity contribution in [2.45, 2.75) is 24.8 Å². The van der Waals surface area contributed by atoms with Crippen molar-refractivity contribution in [3.05, 3.63) is 41.8 Å². The number of halogens is 1. The summed E-state index contributed by atoms with van der Waals surface area (Å²) >= 11 is 0. The van der Waals surface area contributed by atoms with E-state index in [0.717, 1.165) is 38.9 Å². The number of fused-ring (bicyclic) bond motifs is 4. The lowest BCUT2D eigenvalue weighted by molar-refractivity contribution is 0.0516. The fourth-order valence-corrected chi connectivity index (χ4v) is 3.65. The molecule has 0 spiro atoms. The van der Waals surface area contributed by atoms with Crippen molar-refractivity contribution < 1.29 is 9.18 Å². The van der Waals surface area contributed by atoms with Crippen LogP contribution in [0.3, 0.4) is 0 Å². The van der Waals surface area contributed by atoms with E-state index >= 15 is 0 Å². The van der Waals surface area contributed by atoms with Gasteiger partial charge in [0.05, 0.1) is 11.1 Å². The predicted octanol–water partition coefficient (Wildman–Crippen LogP) is 2.34. The van der Waals surface area contributed by atoms with Crippen molar-refractivity contribution in [2.75, 3.05) is 19.6 Å². The Morgan fingerprint density at radius 1 is 1.23 bits per heavy atom. The summed E-state index contributed by atoms with van der Waals surface area (Å²) in [5.41, 5.74) is 0.767. The molecule has 5 rings (SSSR count). The number of nitrogens with one attached hydrogen (secondary N) is 1. The molecule has 4 nitrogen and oxygen atoms in total. The Morgan fingerprint density at radius 3 is 2.68 bits per heavy atom. The topological polar surface area (TPSA) is 45.2 Å². The highest BCUT2D eigenvalue weighted by Gasteiger charge is 2.40. The van der Waals surface area contributed by atoms with Gasteiger partial charge in [-0.25, -0.2) is 4.39 Å². The van der Waals surface area contributed by atoms with Crippen LogP contribution in [-0.4, -0.2) is 41.0 Å². The monoisotopic (exact) mass is 299 g/mol. The molecular formula is C17H18FN3O. The first kappa shape index (κ1) is 13.6. The Kier molecular flexibility index (Phi) is 3.11. The summed E-state index contributed by atoms with van der Waals surface area (Å²) in [4.78, 5) is 19.4. The fraction of sp³-hybridized carbons (Fsp3) is 0.412. The number of nitrogens with zero attached hydrogens (tertiary/aromatic N) is 2. The molecule has 0 aliphatic carbocycles. The minimum absolute atomic E-state index is 0.126. The van der Waals surface area contributed by atoms with Crippen molar-refractivity contribution >= 4 is 16.8 Å². The van der Waals surface area contributed by atoms with Gasteiger partial charge in [0, 0.05) is 36.8 Å². The Labute approximate surface area is 128 Å². The number of piperidine rings is 3. The molecule has 2 aromatic rings. The van der Waals surface area contributed by atoms with Gasteiger partial charge >= 0.3 is 0 Å². The third-order valence-electron chi connectivity index (χ3n) is 5.01. The molecule has 0 radical (unpaired) electrons. The number of rotatable bonds is 2. The smallest absolute Gasteiger partial charge is 0.254 e. The highest BCUT2D eigenvalue weighted by molar-refractivity contribution is 6.05. The van der Waals surface area contributed by atoms with Gasteiger partial charge in [0.25, 0.3) is 5.91 Å². The van der Waals surface area contributed by atoms with Gasteiger partial charge in [0.15, 0.2) is 0 Å². The largest absolute Gasteiger partial charge is 0.346 e. The van der Waals surface area contributed by atoms with Crippen LogP contribution in [0.15, 0.2) is 30.5 Å². The van der Waals surface area contributed by atoms with E-state index < -0.39 is 5.82 Å². The van der Waals surface area contributed by atoms with E-state index in [1.807, 2.05) is 0 Å². The van der Waals surface area contributed by atoms with Gasteiger partial charge in [-0.3, -0.25) is 9.78 Å². The lowest BCUT2D eigenvalue weighted by atomic mass is 9.80. The van der Waals surface area contributed by atoms with E-state index in [9.17, 15) is 9.18 Å². The standard InChI is InChI=1S/C17H18FN3O/c18-13-10-12-2-1-6-19-15(12)14(11-13)16(22)20-17-3-7-21(8-4-17)9-5-17/h1-2,6,10-11H,3-5,7-9H2,(H,20,22). The van der Waals surface area contributed by atoms with Crippen molar-refractivity contribution in [1.29, 1.82) is 0 Å². The van der Waals surface area contributed by atoms with Crippen LogP contribution >= 0.6 is 0 Å². The fourth-order valence-electron chi connectivity index (χ4n) is 3.65. The first-order valence-electron chi connectivity index (χ1n) is 7.74. The van der Waals surface area contributed by atoms with Crippen LogP contribution in [0.4, 0.5) is 4.39 Å². The zero-order valence-electron chi connectivity index (χ0n) is 12.3. The van der Waals surface area contributed by atoms with Crippen LogP contribution in [0, 0.1) is 5.82 Å². The predicted molar refractivity (Wildman–Crippen MR) is 82.2 cm³/mol. The summed E-state index contributed by atoms with van der Waals surface area (Å²) < 4.78 is 13.8. The molecule has 0 unspecified atom stereocenters. The second-order valence-corrected chi connectivity index (χ2v) is 6.35. The molecule has 0 atom stereocenters. The zero-order valence-corrected chi connectivity index (χ0v) is 12.3. The molecule has 1 N–H and O–H groups in total. The minimum Gasteiger partial charge on any atom is -0.346 e. The van der Waals surface area contributed by atoms with Gasteiger partial charge in [0.2, 0.25) is 0 Å². The van der Waals surface area contributed by atoms with E-state index in [4.69, 9.17) is 0 Å². The molecule has 1 aromatic carbocycles. The van der Waals surface area contributed by atoms with E-state index in [1.54, 1.807) is 18.3 Å². The van der Waals surface area contributed by atoms with Gasteiger partial charge in [-0.05, 0) is 37.5 Å². The summed E-state index contributed by atoms with van der Waals surface area (Å²) in [6, 6.07) is 6.23. The van der Waals surface area contributed by atoms with Gasteiger partial charge in [-0.15, -0.1) is 0 Å². The molecule has 22 heavy (non-hydrogen) atoms. The maximum Gasteiger partial charge on any atom is 0.254 e. The normalized spacial score (nSPS) is 27.0. The molecule has 5 heteroatoms. The Morgan fingerprint density at radius 2 is 1.95 bits per heavy atom. The molecule has 3 fully saturated rings. The number of benzene rings is 1. The highest BCUT2D eigenvalue weighted by Crippen LogP contribution is 2.32. The number of carbonyl (C=O) groups excluding carboxylic acids is 1. The lowest BCUT2D eigenvalue weighted by Gasteiger charge is -2.48. The summed E-state index contributed by atoms with van der Waals surface area (Å²) in [6.45, 7) is 3.09. The van der Waals surface area contributed by atoms with Gasteiger partial charge in [0.1, 0.15) is 5.82 Å². The summed E-state index contributed by atoms with van der Waals surface area (Å²) in [5, 5.41) is 3.84. The Balaban J connectivity index is 1.68. The molecule has 2 bridgehead atoms. The SMILES string of the molecule is O=C(NC12CCN(CC1)CC2)c1cc(F)cc2cccnc12. The second kappa shape index (κ2) is 5.02. The maximum atomic E-state index is 13.8. The van der Waals surface area contributed by atoms with Crippen LogP contribution in [-0.2, 0) is 0 Å². The van der Waals surface area contributed by atoms with Crippen molar-refractivity contribution in [1.82, 2.24) is 15.2 Å². The summed E-state index contributed by atoms with van der Waals surface area (Å²) in [5.74, 6) is -0.611. The second-order valence-electron chi connectivity index (χ2n) is 6.35. The van der Waals surface area contributed by atoms with Crippen LogP contribution in [0.25, 0.3) is 10.9 Å². The van der Waals surface area contributed by atoms with Gasteiger partial charge in [-0.1, -0.05) is 6.07 Å². The molecule has 1 aromatic heterocycles. The first-order chi connectivity index (χ1) is 10.7. The number of amides is 1. The molecule has 1 amide bonds. The quantitative estimate of drug-likeness (QED) is 0.926. The van der Waals surface area contributed by atoms with Crippen molar-refractivity contribution in [2.24, 2.45) is 0 Å². The van der Waals surface area contributed by atoms with Crippen LogP contribution in [0.1, 0.15) is 29.6 Å². The number of carbonyl (C=O) groups is 1. The molecular weight excluding hydrogens is 281 g/mol. The van der Waals surface area contributed by atoms with Crippen LogP contribution in [0.5, 0.6) is 0 Å². The summed E-state index contributed by atoms with van der Waals surface area (Å²) in [7, 11) is 0. The number of pyridine rings is 1. The molecule has 3 aliphatic rings. The Hall–Kier alpha value is -2.01. The van der Waals surface area contributed by atoms with E-state index in [0.29, 0.717) is 16.5 Å². The Bertz CT molecular complexity index is 724. The number of hydrogen-bond donors (Lipinski definition) is 1. The molecule has 114 valence electrons. The third kappa shape index (κ3) is 2.25. The van der Waals surface area contributed by atoms with Crippen molar-refractivity contribution in [3.63, 3.8) is 0 Å². The van der Waals surface area contributed by atoms with Crippen LogP contribution in [0.2, 0.25) is 0 Å². The molecule has 3 saturated heterocycles. The average Bonchev–Trinajstić information content (AvgIpc) is 2.55. The minimum atomic E-state index is -0.401. The van der Waals surface area contributed by atoms with E-state index in [-0.39, 0.29) is 11.4 Å². The van der Waals surface area contributed by atoms with Crippen LogP contribution < -0.4 is 5.32 Å². The van der Waals surface area contributed by atoms with E-state index in [2.05, 4.69) is 15.2 Å². The van der Waals surface area contributed by atoms with Gasteiger partial charge < -0.3 is 10.2 Å². The molecule has 4 heterocycles. The highest BCUT2D eigenvalue weighted by atomic mass is 19.1. The van der Waals surface area contributed by atoms with Gasteiger partial charge in [-0.2, -0.15) is 0 Å². The molecule has 0 saturated carbocycles. The molecule has 3 aliphatic heterocycles. The summed E-state index contributed by atoms with van der Waals surface area (Å²) in [6.07, 6.45) is 4.55. The number of hydrogen-bond acceptors (Lipinski definition) is 3. The first-order valence-corrected chi connectivity index (χ1v) is 7.74. The zero-order chi connectivity index (χ0) is 15.2.